The number of hydrogen-bond acceptors (Lipinski definition) is 2. The number of nitrogen functional groups attached to an aromatic ring is 1. The van der Waals surface area contributed by atoms with Crippen molar-refractivity contribution < 1.29 is 4.57 Å². The van der Waals surface area contributed by atoms with Crippen LogP contribution in [0.2, 0.25) is 0 Å². The molecule has 0 saturated carbocycles. The summed E-state index contributed by atoms with van der Waals surface area (Å²) in [7, 11) is 3.71. The molecule has 0 bridgehead atoms. The Morgan fingerprint density at radius 3 is 2.33 bits per heavy atom. The van der Waals surface area contributed by atoms with Gasteiger partial charge in [-0.2, -0.15) is 0 Å². The van der Waals surface area contributed by atoms with Crippen molar-refractivity contribution in [3.8, 4) is 0 Å². The lowest BCUT2D eigenvalue weighted by molar-refractivity contribution is -0.663. The van der Waals surface area contributed by atoms with Gasteiger partial charge in [0.2, 0.25) is 5.82 Å². The Labute approximate surface area is 53.9 Å². The third kappa shape index (κ3) is 0.759. The van der Waals surface area contributed by atoms with Crippen LogP contribution in [0, 0.1) is 6.92 Å². The summed E-state index contributed by atoms with van der Waals surface area (Å²) in [5, 5.41) is 4.06. The van der Waals surface area contributed by atoms with Crippen LogP contribution >= 0.6 is 0 Å². The molecule has 2 N–H and O–H groups in total. The fourth-order valence-corrected chi connectivity index (χ4v) is 0.718. The summed E-state index contributed by atoms with van der Waals surface area (Å²) in [6.07, 6.45) is 0. The van der Waals surface area contributed by atoms with Gasteiger partial charge < -0.3 is 5.73 Å². The first-order valence-corrected chi connectivity index (χ1v) is 2.78. The lowest BCUT2D eigenvalue weighted by Gasteiger charge is -1.85. The number of nitrogens with zero attached hydrogens (tertiary/aromatic N) is 3. The van der Waals surface area contributed by atoms with E-state index in [4.69, 9.17) is 5.73 Å². The first-order chi connectivity index (χ1) is 4.13. The molecule has 0 amide bonds. The third-order valence-electron chi connectivity index (χ3n) is 1.46. The lowest BCUT2D eigenvalue weighted by Crippen LogP contribution is -2.33. The zero-order chi connectivity index (χ0) is 7.02. The summed E-state index contributed by atoms with van der Waals surface area (Å²) in [5.41, 5.74) is 5.57. The Kier molecular flexibility index (Phi) is 1.16. The van der Waals surface area contributed by atoms with Gasteiger partial charge >= 0.3 is 5.95 Å². The number of rotatable bonds is 0. The van der Waals surface area contributed by atoms with Crippen molar-refractivity contribution in [3.05, 3.63) is 5.82 Å². The first kappa shape index (κ1) is 6.07. The number of aryl methyl sites for hydroxylation is 2. The van der Waals surface area contributed by atoms with Crippen LogP contribution in [-0.2, 0) is 14.1 Å². The van der Waals surface area contributed by atoms with Gasteiger partial charge in [0.05, 0.1) is 14.1 Å². The summed E-state index contributed by atoms with van der Waals surface area (Å²) in [6, 6.07) is 0. The zero-order valence-electron chi connectivity index (χ0n) is 5.92. The quantitative estimate of drug-likeness (QED) is 0.461. The molecule has 4 nitrogen and oxygen atoms in total. The van der Waals surface area contributed by atoms with E-state index in [1.165, 1.54) is 0 Å². The Morgan fingerprint density at radius 1 is 1.67 bits per heavy atom. The van der Waals surface area contributed by atoms with E-state index in [9.17, 15) is 0 Å². The largest absolute Gasteiger partial charge is 0.341 e. The molecule has 0 aliphatic rings. The molecule has 0 aromatic carbocycles. The van der Waals surface area contributed by atoms with Gasteiger partial charge in [-0.05, 0) is 5.10 Å². The fourth-order valence-electron chi connectivity index (χ4n) is 0.718. The Morgan fingerprint density at radius 2 is 2.22 bits per heavy atom. The van der Waals surface area contributed by atoms with Crippen LogP contribution in [0.1, 0.15) is 5.82 Å². The van der Waals surface area contributed by atoms with Gasteiger partial charge in [0, 0.05) is 6.92 Å². The minimum absolute atomic E-state index is 0.674. The highest BCUT2D eigenvalue weighted by Crippen LogP contribution is 1.89. The molecule has 9 heavy (non-hydrogen) atoms. The molecule has 1 aromatic heterocycles. The van der Waals surface area contributed by atoms with Gasteiger partial charge in [-0.3, -0.25) is 0 Å². The van der Waals surface area contributed by atoms with Crippen LogP contribution in [0.25, 0.3) is 0 Å². The number of anilines is 1. The molecule has 1 heterocycles. The highest BCUT2D eigenvalue weighted by atomic mass is 15.4. The molecule has 0 atom stereocenters. The predicted molar refractivity (Wildman–Crippen MR) is 33.5 cm³/mol. The van der Waals surface area contributed by atoms with Crippen molar-refractivity contribution in [2.75, 3.05) is 5.73 Å². The van der Waals surface area contributed by atoms with Crippen LogP contribution in [0.4, 0.5) is 5.95 Å². The number of nitrogens with two attached hydrogens (primary N) is 1. The van der Waals surface area contributed by atoms with Crippen molar-refractivity contribution in [2.24, 2.45) is 14.1 Å². The molecular formula is C5H11N4+. The minimum atomic E-state index is 0.674. The Bertz CT molecular complexity index is 203. The van der Waals surface area contributed by atoms with E-state index < -0.39 is 0 Å². The van der Waals surface area contributed by atoms with Crippen LogP contribution in [0.15, 0.2) is 0 Å². The SMILES string of the molecule is Cc1nn(C)c(N)[n+]1C. The predicted octanol–water partition coefficient (Wildman–Crippen LogP) is -0.865. The van der Waals surface area contributed by atoms with Gasteiger partial charge in [-0.25, -0.2) is 4.57 Å². The standard InChI is InChI=1S/C5H10N4/c1-4-7-9(3)5(6)8(4)2/h6H,1-3H3/p+1. The van der Waals surface area contributed by atoms with Crippen molar-refractivity contribution in [2.45, 2.75) is 6.92 Å². The molecule has 50 valence electrons. The highest BCUT2D eigenvalue weighted by molar-refractivity contribution is 5.04. The zero-order valence-corrected chi connectivity index (χ0v) is 5.92. The Balaban J connectivity index is 3.29. The minimum Gasteiger partial charge on any atom is -0.308 e. The average molecular weight is 127 g/mol. The van der Waals surface area contributed by atoms with E-state index in [2.05, 4.69) is 5.10 Å². The van der Waals surface area contributed by atoms with Gasteiger partial charge in [-0.15, -0.1) is 4.68 Å². The lowest BCUT2D eigenvalue weighted by atomic mass is 10.7. The van der Waals surface area contributed by atoms with Crippen LogP contribution < -0.4 is 10.3 Å². The summed E-state index contributed by atoms with van der Waals surface area (Å²) >= 11 is 0. The van der Waals surface area contributed by atoms with Crippen molar-refractivity contribution in [1.29, 1.82) is 0 Å². The Hall–Kier alpha value is -1.06. The molecule has 0 saturated heterocycles. The van der Waals surface area contributed by atoms with Gasteiger partial charge in [0.25, 0.3) is 0 Å². The fraction of sp³-hybridized carbons (Fsp3) is 0.600. The molecule has 0 aliphatic carbocycles. The number of aromatic nitrogens is 3. The van der Waals surface area contributed by atoms with Gasteiger partial charge in [0.15, 0.2) is 0 Å². The second-order valence-electron chi connectivity index (χ2n) is 2.09. The van der Waals surface area contributed by atoms with Crippen LogP contribution in [-0.4, -0.2) is 9.78 Å². The topological polar surface area (TPSA) is 47.7 Å². The maximum Gasteiger partial charge on any atom is 0.341 e. The average Bonchev–Trinajstić information content (AvgIpc) is 1.98. The van der Waals surface area contributed by atoms with E-state index in [-0.39, 0.29) is 0 Å². The van der Waals surface area contributed by atoms with Crippen molar-refractivity contribution >= 4 is 5.95 Å². The van der Waals surface area contributed by atoms with Gasteiger partial charge in [0.1, 0.15) is 0 Å². The monoisotopic (exact) mass is 127 g/mol. The molecular weight excluding hydrogens is 116 g/mol. The van der Waals surface area contributed by atoms with Gasteiger partial charge in [-0.1, -0.05) is 0 Å². The molecule has 4 heteroatoms. The van der Waals surface area contributed by atoms with E-state index in [0.717, 1.165) is 5.82 Å². The van der Waals surface area contributed by atoms with E-state index >= 15 is 0 Å². The highest BCUT2D eigenvalue weighted by Gasteiger charge is 2.10. The molecule has 0 unspecified atom stereocenters. The van der Waals surface area contributed by atoms with E-state index in [1.54, 1.807) is 4.68 Å². The van der Waals surface area contributed by atoms with Crippen LogP contribution in [0.3, 0.4) is 0 Å². The smallest absolute Gasteiger partial charge is 0.308 e. The summed E-state index contributed by atoms with van der Waals surface area (Å²) in [6.45, 7) is 1.91. The third-order valence-corrected chi connectivity index (χ3v) is 1.46. The molecule has 0 radical (unpaired) electrons. The first-order valence-electron chi connectivity index (χ1n) is 2.78. The summed E-state index contributed by atoms with van der Waals surface area (Å²) in [5.74, 6) is 1.60. The number of hydrogen-bond donors (Lipinski definition) is 1. The van der Waals surface area contributed by atoms with E-state index in [0.29, 0.717) is 5.95 Å². The second kappa shape index (κ2) is 1.72. The summed E-state index contributed by atoms with van der Waals surface area (Å²) < 4.78 is 3.48. The summed E-state index contributed by atoms with van der Waals surface area (Å²) in [4.78, 5) is 0. The second-order valence-corrected chi connectivity index (χ2v) is 2.09. The molecule has 0 fully saturated rings. The van der Waals surface area contributed by atoms with E-state index in [1.807, 2.05) is 25.6 Å². The van der Waals surface area contributed by atoms with Crippen molar-refractivity contribution in [3.63, 3.8) is 0 Å². The van der Waals surface area contributed by atoms with Crippen LogP contribution in [0.5, 0.6) is 0 Å². The molecule has 1 rings (SSSR count). The maximum absolute atomic E-state index is 5.57. The normalized spacial score (nSPS) is 10.1. The molecule has 0 spiro atoms. The van der Waals surface area contributed by atoms with Crippen molar-refractivity contribution in [1.82, 2.24) is 9.78 Å². The maximum atomic E-state index is 5.57. The molecule has 1 aromatic rings. The molecule has 0 aliphatic heterocycles.